The van der Waals surface area contributed by atoms with Gasteiger partial charge in [0, 0.05) is 20.3 Å². The summed E-state index contributed by atoms with van der Waals surface area (Å²) in [5.74, 6) is -0.816. The van der Waals surface area contributed by atoms with E-state index in [1.165, 1.54) is 0 Å². The predicted octanol–water partition coefficient (Wildman–Crippen LogP) is 4.90. The fourth-order valence-electron chi connectivity index (χ4n) is 3.72. The van der Waals surface area contributed by atoms with Crippen LogP contribution in [0.2, 0.25) is 0 Å². The first-order chi connectivity index (χ1) is 14.1. The normalized spacial score (nSPS) is 13.4. The van der Waals surface area contributed by atoms with Crippen molar-refractivity contribution in [1.82, 2.24) is 4.98 Å². The Morgan fingerprint density at radius 3 is 2.59 bits per heavy atom. The van der Waals surface area contributed by atoms with Gasteiger partial charge in [0.05, 0.1) is 11.1 Å². The Bertz CT molecular complexity index is 1060. The molecule has 1 aliphatic rings. The molecule has 0 saturated carbocycles. The SMILES string of the molecule is O=C(COC(=O)c1c2c(nc3ccccc13)CCCCC2)Nc1ccc(I)cc1. The van der Waals surface area contributed by atoms with Crippen LogP contribution in [0, 0.1) is 3.57 Å². The third kappa shape index (κ3) is 4.58. The maximum atomic E-state index is 13.0. The summed E-state index contributed by atoms with van der Waals surface area (Å²) in [7, 11) is 0. The lowest BCUT2D eigenvalue weighted by molar-refractivity contribution is -0.119. The molecule has 6 heteroatoms. The molecule has 0 bridgehead atoms. The van der Waals surface area contributed by atoms with Gasteiger partial charge in [-0.1, -0.05) is 24.6 Å². The first kappa shape index (κ1) is 19.8. The van der Waals surface area contributed by atoms with Crippen LogP contribution in [-0.4, -0.2) is 23.5 Å². The Hall–Kier alpha value is -2.48. The van der Waals surface area contributed by atoms with Gasteiger partial charge in [0.25, 0.3) is 5.91 Å². The van der Waals surface area contributed by atoms with Gasteiger partial charge in [-0.2, -0.15) is 0 Å². The Morgan fingerprint density at radius 1 is 1.00 bits per heavy atom. The average Bonchev–Trinajstić information content (AvgIpc) is 2.97. The minimum atomic E-state index is -0.459. The molecular formula is C23H21IN2O3. The molecule has 0 aliphatic heterocycles. The molecule has 1 heterocycles. The standard InChI is InChI=1S/C23H21IN2O3/c24-15-10-12-16(13-11-15)25-21(27)14-29-23(28)22-17-6-2-1-3-8-19(17)26-20-9-5-4-7-18(20)22/h4-5,7,9-13H,1-3,6,8,14H2,(H,25,27). The first-order valence-corrected chi connectivity index (χ1v) is 10.8. The molecule has 0 radical (unpaired) electrons. The maximum Gasteiger partial charge on any atom is 0.339 e. The number of aromatic nitrogens is 1. The molecule has 1 aliphatic carbocycles. The van der Waals surface area contributed by atoms with E-state index in [1.807, 2.05) is 48.5 Å². The number of para-hydroxylation sites is 1. The van der Waals surface area contributed by atoms with Gasteiger partial charge in [-0.3, -0.25) is 9.78 Å². The van der Waals surface area contributed by atoms with E-state index in [0.29, 0.717) is 11.3 Å². The van der Waals surface area contributed by atoms with Crippen molar-refractivity contribution >= 4 is 51.1 Å². The molecule has 3 aromatic rings. The van der Waals surface area contributed by atoms with E-state index in [0.717, 1.165) is 57.8 Å². The molecule has 0 saturated heterocycles. The molecule has 5 nitrogen and oxygen atoms in total. The number of pyridine rings is 1. The highest BCUT2D eigenvalue weighted by Crippen LogP contribution is 2.29. The number of aryl methyl sites for hydroxylation is 1. The number of anilines is 1. The van der Waals surface area contributed by atoms with Crippen LogP contribution in [0.15, 0.2) is 48.5 Å². The molecule has 4 rings (SSSR count). The van der Waals surface area contributed by atoms with E-state index in [4.69, 9.17) is 9.72 Å². The minimum Gasteiger partial charge on any atom is -0.452 e. The molecule has 2 aromatic carbocycles. The molecule has 148 valence electrons. The number of esters is 1. The van der Waals surface area contributed by atoms with Crippen molar-refractivity contribution in [2.24, 2.45) is 0 Å². The second-order valence-electron chi connectivity index (χ2n) is 7.12. The van der Waals surface area contributed by atoms with E-state index >= 15 is 0 Å². The number of rotatable bonds is 4. The first-order valence-electron chi connectivity index (χ1n) is 9.75. The van der Waals surface area contributed by atoms with Crippen LogP contribution in [0.4, 0.5) is 5.69 Å². The maximum absolute atomic E-state index is 13.0. The number of benzene rings is 2. The van der Waals surface area contributed by atoms with Gasteiger partial charge >= 0.3 is 5.97 Å². The summed E-state index contributed by atoms with van der Waals surface area (Å²) in [4.78, 5) is 30.0. The molecule has 1 aromatic heterocycles. The van der Waals surface area contributed by atoms with Gasteiger partial charge < -0.3 is 10.1 Å². The highest BCUT2D eigenvalue weighted by molar-refractivity contribution is 14.1. The lowest BCUT2D eigenvalue weighted by Crippen LogP contribution is -2.22. The average molecular weight is 500 g/mol. The molecule has 0 fully saturated rings. The topological polar surface area (TPSA) is 68.3 Å². The van der Waals surface area contributed by atoms with E-state index in [9.17, 15) is 9.59 Å². The number of amides is 1. The lowest BCUT2D eigenvalue weighted by Gasteiger charge is -2.15. The molecule has 0 spiro atoms. The van der Waals surface area contributed by atoms with Crippen molar-refractivity contribution in [3.8, 4) is 0 Å². The van der Waals surface area contributed by atoms with Gasteiger partial charge in [-0.05, 0) is 84.2 Å². The smallest absolute Gasteiger partial charge is 0.339 e. The monoisotopic (exact) mass is 500 g/mol. The summed E-state index contributed by atoms with van der Waals surface area (Å²) < 4.78 is 6.50. The zero-order valence-electron chi connectivity index (χ0n) is 15.9. The van der Waals surface area contributed by atoms with E-state index in [1.54, 1.807) is 0 Å². The molecule has 1 amide bonds. The molecule has 1 N–H and O–H groups in total. The second-order valence-corrected chi connectivity index (χ2v) is 8.37. The number of hydrogen-bond donors (Lipinski definition) is 1. The van der Waals surface area contributed by atoms with Crippen molar-refractivity contribution in [3.05, 3.63) is 68.9 Å². The van der Waals surface area contributed by atoms with Crippen molar-refractivity contribution in [2.45, 2.75) is 32.1 Å². The number of hydrogen-bond acceptors (Lipinski definition) is 4. The van der Waals surface area contributed by atoms with Gasteiger partial charge in [-0.25, -0.2) is 4.79 Å². The molecule has 0 unspecified atom stereocenters. The number of halogens is 1. The number of fused-ring (bicyclic) bond motifs is 2. The van der Waals surface area contributed by atoms with Crippen molar-refractivity contribution < 1.29 is 14.3 Å². The van der Waals surface area contributed by atoms with Crippen molar-refractivity contribution in [3.63, 3.8) is 0 Å². The third-order valence-corrected chi connectivity index (χ3v) is 5.80. The van der Waals surface area contributed by atoms with Crippen LogP contribution in [0.25, 0.3) is 10.9 Å². The van der Waals surface area contributed by atoms with Gasteiger partial charge in [0.1, 0.15) is 0 Å². The number of nitrogens with one attached hydrogen (secondary N) is 1. The van der Waals surface area contributed by atoms with Crippen LogP contribution in [0.3, 0.4) is 0 Å². The number of nitrogens with zero attached hydrogens (tertiary/aromatic N) is 1. The van der Waals surface area contributed by atoms with Crippen LogP contribution in [0.1, 0.15) is 40.9 Å². The Labute approximate surface area is 183 Å². The summed E-state index contributed by atoms with van der Waals surface area (Å²) in [6.45, 7) is -0.323. The minimum absolute atomic E-state index is 0.323. The molecular weight excluding hydrogens is 479 g/mol. The summed E-state index contributed by atoms with van der Waals surface area (Å²) in [5, 5.41) is 3.54. The van der Waals surface area contributed by atoms with Crippen LogP contribution >= 0.6 is 22.6 Å². The van der Waals surface area contributed by atoms with Crippen LogP contribution < -0.4 is 5.32 Å². The fourth-order valence-corrected chi connectivity index (χ4v) is 4.08. The Kier molecular flexibility index (Phi) is 6.08. The van der Waals surface area contributed by atoms with Crippen LogP contribution in [0.5, 0.6) is 0 Å². The summed E-state index contributed by atoms with van der Waals surface area (Å²) in [5.41, 5.74) is 3.99. The highest BCUT2D eigenvalue weighted by atomic mass is 127. The largest absolute Gasteiger partial charge is 0.452 e. The number of carbonyl (C=O) groups is 2. The van der Waals surface area contributed by atoms with E-state index in [2.05, 4.69) is 27.9 Å². The number of ether oxygens (including phenoxy) is 1. The third-order valence-electron chi connectivity index (χ3n) is 5.09. The number of carbonyl (C=O) groups excluding carboxylic acids is 2. The van der Waals surface area contributed by atoms with E-state index < -0.39 is 5.97 Å². The summed E-state index contributed by atoms with van der Waals surface area (Å²) >= 11 is 2.20. The van der Waals surface area contributed by atoms with Gasteiger partial charge in [0.2, 0.25) is 0 Å². The quantitative estimate of drug-likeness (QED) is 0.314. The molecule has 0 atom stereocenters. The lowest BCUT2D eigenvalue weighted by atomic mass is 9.97. The second kappa shape index (κ2) is 8.90. The Morgan fingerprint density at radius 2 is 1.76 bits per heavy atom. The predicted molar refractivity (Wildman–Crippen MR) is 121 cm³/mol. The van der Waals surface area contributed by atoms with Gasteiger partial charge in [-0.15, -0.1) is 0 Å². The highest BCUT2D eigenvalue weighted by Gasteiger charge is 2.23. The molecule has 29 heavy (non-hydrogen) atoms. The summed E-state index contributed by atoms with van der Waals surface area (Å²) in [6.07, 6.45) is 4.91. The van der Waals surface area contributed by atoms with Crippen molar-refractivity contribution in [1.29, 1.82) is 0 Å². The van der Waals surface area contributed by atoms with Crippen LogP contribution in [-0.2, 0) is 22.4 Å². The Balaban J connectivity index is 1.55. The van der Waals surface area contributed by atoms with Crippen molar-refractivity contribution in [2.75, 3.05) is 11.9 Å². The zero-order chi connectivity index (χ0) is 20.2. The zero-order valence-corrected chi connectivity index (χ0v) is 18.1. The van der Waals surface area contributed by atoms with E-state index in [-0.39, 0.29) is 12.5 Å². The van der Waals surface area contributed by atoms with Gasteiger partial charge in [0.15, 0.2) is 6.61 Å². The fraction of sp³-hybridized carbons (Fsp3) is 0.261. The summed E-state index contributed by atoms with van der Waals surface area (Å²) in [6, 6.07) is 15.1.